The van der Waals surface area contributed by atoms with Crippen molar-refractivity contribution in [2.75, 3.05) is 0 Å². The predicted octanol–water partition coefficient (Wildman–Crippen LogP) is 0.158. The third-order valence-electron chi connectivity index (χ3n) is 1.35. The molecule has 0 aliphatic carbocycles. The van der Waals surface area contributed by atoms with E-state index in [-0.39, 0.29) is 11.7 Å². The van der Waals surface area contributed by atoms with E-state index in [9.17, 15) is 4.79 Å². The fourth-order valence-corrected chi connectivity index (χ4v) is 0.795. The van der Waals surface area contributed by atoms with Gasteiger partial charge in [-0.15, -0.1) is 0 Å². The summed E-state index contributed by atoms with van der Waals surface area (Å²) >= 11 is 0. The second-order valence-electron chi connectivity index (χ2n) is 2.20. The predicted molar refractivity (Wildman–Crippen MR) is 38.8 cm³/mol. The smallest absolute Gasteiger partial charge is 0.377 e. The monoisotopic (exact) mass is 180 g/mol. The number of aromatic nitrogens is 4. The maximum Gasteiger partial charge on any atom is 0.377 e. The number of carboxylic acid groups (broad SMARTS) is 1. The van der Waals surface area contributed by atoms with Crippen LogP contribution in [0.1, 0.15) is 10.6 Å². The van der Waals surface area contributed by atoms with Gasteiger partial charge in [-0.1, -0.05) is 0 Å². The maximum atomic E-state index is 10.4. The number of carbonyl (C=O) groups is 1. The molecule has 0 bridgehead atoms. The molecule has 7 heteroatoms. The Bertz CT molecular complexity index is 419. The highest BCUT2D eigenvalue weighted by Gasteiger charge is 2.14. The highest BCUT2D eigenvalue weighted by molar-refractivity contribution is 5.83. The van der Waals surface area contributed by atoms with Crippen molar-refractivity contribution in [3.8, 4) is 11.6 Å². The van der Waals surface area contributed by atoms with Gasteiger partial charge in [-0.3, -0.25) is 5.10 Å². The van der Waals surface area contributed by atoms with Crippen molar-refractivity contribution in [3.05, 3.63) is 18.1 Å². The van der Waals surface area contributed by atoms with Crippen LogP contribution in [0.25, 0.3) is 11.6 Å². The molecule has 0 aliphatic rings. The molecule has 0 radical (unpaired) electrons. The number of carboxylic acids is 1. The molecule has 2 rings (SSSR count). The Morgan fingerprint density at radius 2 is 2.46 bits per heavy atom. The number of H-pyrrole nitrogens is 1. The highest BCUT2D eigenvalue weighted by Crippen LogP contribution is 2.12. The van der Waals surface area contributed by atoms with Crippen LogP contribution in [-0.4, -0.2) is 31.4 Å². The van der Waals surface area contributed by atoms with Gasteiger partial charge in [0.1, 0.15) is 5.69 Å². The second kappa shape index (κ2) is 2.70. The Morgan fingerprint density at radius 3 is 3.00 bits per heavy atom. The topological polar surface area (TPSA) is 105 Å². The molecule has 0 spiro atoms. The van der Waals surface area contributed by atoms with Crippen molar-refractivity contribution in [1.29, 1.82) is 0 Å². The van der Waals surface area contributed by atoms with Crippen molar-refractivity contribution in [2.24, 2.45) is 0 Å². The number of hydrogen-bond acceptors (Lipinski definition) is 5. The molecule has 13 heavy (non-hydrogen) atoms. The lowest BCUT2D eigenvalue weighted by Gasteiger charge is -1.81. The SMILES string of the molecule is O=C(O)c1noc(-c2ccn[nH]2)n1. The van der Waals surface area contributed by atoms with Crippen LogP contribution in [0.15, 0.2) is 16.8 Å². The summed E-state index contributed by atoms with van der Waals surface area (Å²) in [6.45, 7) is 0. The zero-order valence-corrected chi connectivity index (χ0v) is 6.26. The fourth-order valence-electron chi connectivity index (χ4n) is 0.795. The number of hydrogen-bond donors (Lipinski definition) is 2. The van der Waals surface area contributed by atoms with Crippen molar-refractivity contribution in [2.45, 2.75) is 0 Å². The van der Waals surface area contributed by atoms with Crippen LogP contribution in [0, 0.1) is 0 Å². The van der Waals surface area contributed by atoms with Crippen LogP contribution in [0.4, 0.5) is 0 Å². The number of aromatic amines is 1. The van der Waals surface area contributed by atoms with Crippen LogP contribution in [-0.2, 0) is 0 Å². The molecule has 66 valence electrons. The zero-order chi connectivity index (χ0) is 9.26. The number of nitrogens with one attached hydrogen (secondary N) is 1. The van der Waals surface area contributed by atoms with Crippen molar-refractivity contribution in [3.63, 3.8) is 0 Å². The van der Waals surface area contributed by atoms with E-state index in [1.807, 2.05) is 0 Å². The summed E-state index contributed by atoms with van der Waals surface area (Å²) in [6, 6.07) is 1.60. The minimum Gasteiger partial charge on any atom is -0.475 e. The zero-order valence-electron chi connectivity index (χ0n) is 6.26. The van der Waals surface area contributed by atoms with Crippen molar-refractivity contribution < 1.29 is 14.4 Å². The molecule has 0 aromatic carbocycles. The molecule has 2 heterocycles. The van der Waals surface area contributed by atoms with E-state index in [2.05, 4.69) is 24.9 Å². The fraction of sp³-hybridized carbons (Fsp3) is 0. The van der Waals surface area contributed by atoms with Gasteiger partial charge in [0, 0.05) is 6.20 Å². The lowest BCUT2D eigenvalue weighted by molar-refractivity contribution is 0.0680. The first kappa shape index (κ1) is 7.47. The van der Waals surface area contributed by atoms with Crippen LogP contribution in [0.3, 0.4) is 0 Å². The van der Waals surface area contributed by atoms with E-state index in [4.69, 9.17) is 5.11 Å². The normalized spacial score (nSPS) is 10.2. The highest BCUT2D eigenvalue weighted by atomic mass is 16.5. The Hall–Kier alpha value is -2.18. The molecule has 0 aliphatic heterocycles. The average Bonchev–Trinajstić information content (AvgIpc) is 2.75. The molecule has 2 N–H and O–H groups in total. The summed E-state index contributed by atoms with van der Waals surface area (Å²) in [5.41, 5.74) is 0.486. The molecule has 0 saturated heterocycles. The van der Waals surface area contributed by atoms with Crippen LogP contribution >= 0.6 is 0 Å². The third kappa shape index (κ3) is 1.26. The van der Waals surface area contributed by atoms with Gasteiger partial charge < -0.3 is 9.63 Å². The average molecular weight is 180 g/mol. The second-order valence-corrected chi connectivity index (χ2v) is 2.20. The molecule has 0 unspecified atom stereocenters. The van der Waals surface area contributed by atoms with Gasteiger partial charge in [0.25, 0.3) is 11.7 Å². The Morgan fingerprint density at radius 1 is 1.62 bits per heavy atom. The Balaban J connectivity index is 2.39. The summed E-state index contributed by atoms with van der Waals surface area (Å²) in [4.78, 5) is 14.0. The van der Waals surface area contributed by atoms with Gasteiger partial charge in [-0.2, -0.15) is 10.1 Å². The molecule has 7 nitrogen and oxygen atoms in total. The minimum absolute atomic E-state index is 0.106. The molecular weight excluding hydrogens is 176 g/mol. The molecular formula is C6H4N4O3. The maximum absolute atomic E-state index is 10.4. The first-order valence-corrected chi connectivity index (χ1v) is 3.34. The van der Waals surface area contributed by atoms with Gasteiger partial charge >= 0.3 is 5.97 Å². The number of nitrogens with zero attached hydrogens (tertiary/aromatic N) is 3. The summed E-state index contributed by atoms with van der Waals surface area (Å²) in [7, 11) is 0. The van der Waals surface area contributed by atoms with Gasteiger partial charge in [-0.25, -0.2) is 4.79 Å². The Kier molecular flexibility index (Phi) is 1.55. The standard InChI is InChI=1S/C6H4N4O3/c11-6(12)4-8-5(13-10-4)3-1-2-7-9-3/h1-2H,(H,7,9)(H,11,12). The van der Waals surface area contributed by atoms with E-state index < -0.39 is 5.97 Å². The summed E-state index contributed by atoms with van der Waals surface area (Å²) in [5, 5.41) is 17.9. The molecule has 2 aromatic heterocycles. The van der Waals surface area contributed by atoms with Gasteiger partial charge in [0.2, 0.25) is 0 Å². The molecule has 0 fully saturated rings. The molecule has 2 aromatic rings. The van der Waals surface area contributed by atoms with Crippen LogP contribution < -0.4 is 0 Å². The first-order chi connectivity index (χ1) is 6.27. The van der Waals surface area contributed by atoms with E-state index in [1.165, 1.54) is 6.20 Å². The first-order valence-electron chi connectivity index (χ1n) is 3.34. The van der Waals surface area contributed by atoms with E-state index >= 15 is 0 Å². The lowest BCUT2D eigenvalue weighted by atomic mass is 10.4. The van der Waals surface area contributed by atoms with E-state index in [0.29, 0.717) is 5.69 Å². The summed E-state index contributed by atoms with van der Waals surface area (Å²) < 4.78 is 4.66. The van der Waals surface area contributed by atoms with E-state index in [0.717, 1.165) is 0 Å². The van der Waals surface area contributed by atoms with Crippen LogP contribution in [0.2, 0.25) is 0 Å². The van der Waals surface area contributed by atoms with Gasteiger partial charge in [0.15, 0.2) is 0 Å². The van der Waals surface area contributed by atoms with Crippen molar-refractivity contribution in [1.82, 2.24) is 20.3 Å². The van der Waals surface area contributed by atoms with Crippen LogP contribution in [0.5, 0.6) is 0 Å². The number of aromatic carboxylic acids is 1. The lowest BCUT2D eigenvalue weighted by Crippen LogP contribution is -1.98. The summed E-state index contributed by atoms with van der Waals surface area (Å²) in [5.74, 6) is -1.49. The number of rotatable bonds is 2. The quantitative estimate of drug-likeness (QED) is 0.681. The Labute approximate surface area is 71.4 Å². The molecule has 0 saturated carbocycles. The minimum atomic E-state index is -1.23. The van der Waals surface area contributed by atoms with Crippen molar-refractivity contribution >= 4 is 5.97 Å². The third-order valence-corrected chi connectivity index (χ3v) is 1.35. The van der Waals surface area contributed by atoms with Gasteiger partial charge in [0.05, 0.1) is 0 Å². The van der Waals surface area contributed by atoms with Gasteiger partial charge in [-0.05, 0) is 11.2 Å². The van der Waals surface area contributed by atoms with E-state index in [1.54, 1.807) is 6.07 Å². The molecule has 0 atom stereocenters. The summed E-state index contributed by atoms with van der Waals surface area (Å²) in [6.07, 6.45) is 1.50. The molecule has 0 amide bonds. The largest absolute Gasteiger partial charge is 0.475 e.